The lowest BCUT2D eigenvalue weighted by atomic mass is 10.3. The van der Waals surface area contributed by atoms with Gasteiger partial charge < -0.3 is 11.5 Å². The second kappa shape index (κ2) is 3.81. The summed E-state index contributed by atoms with van der Waals surface area (Å²) in [4.78, 5) is 0. The van der Waals surface area contributed by atoms with E-state index in [1.54, 1.807) is 0 Å². The predicted octanol–water partition coefficient (Wildman–Crippen LogP) is 2.66. The summed E-state index contributed by atoms with van der Waals surface area (Å²) in [6, 6.07) is 1.89. The molecule has 0 aliphatic heterocycles. The summed E-state index contributed by atoms with van der Waals surface area (Å²) in [7, 11) is 0. The van der Waals surface area contributed by atoms with Gasteiger partial charge in [0.05, 0.1) is 14.9 Å². The Kier molecular flexibility index (Phi) is 3.50. The normalized spacial score (nSPS) is 10.1. The van der Waals surface area contributed by atoms with E-state index in [0.29, 0.717) is 11.4 Å². The Morgan fingerprint density at radius 1 is 1.00 bits per heavy atom. The van der Waals surface area contributed by atoms with Crippen LogP contribution in [-0.2, 0) is 0 Å². The van der Waals surface area contributed by atoms with Crippen molar-refractivity contribution in [1.29, 1.82) is 0 Å². The van der Waals surface area contributed by atoms with Crippen LogP contribution in [0, 0.1) is 10.7 Å². The Balaban J connectivity index is 3.46. The Bertz CT molecular complexity index is 272. The SMILES string of the molecule is Nc1cc(I)c(I)c(I)c1N. The van der Waals surface area contributed by atoms with Gasteiger partial charge in [0.2, 0.25) is 0 Å². The zero-order chi connectivity index (χ0) is 8.59. The number of halogens is 3. The van der Waals surface area contributed by atoms with Gasteiger partial charge in [-0.1, -0.05) is 0 Å². The lowest BCUT2D eigenvalue weighted by Gasteiger charge is -2.06. The van der Waals surface area contributed by atoms with Gasteiger partial charge in [0.25, 0.3) is 0 Å². The minimum absolute atomic E-state index is 0.666. The Hall–Kier alpha value is 1.01. The second-order valence-electron chi connectivity index (χ2n) is 1.99. The molecule has 0 spiro atoms. The maximum atomic E-state index is 5.71. The average Bonchev–Trinajstić information content (AvgIpc) is 1.97. The number of rotatable bonds is 0. The van der Waals surface area contributed by atoms with E-state index in [-0.39, 0.29) is 0 Å². The van der Waals surface area contributed by atoms with Gasteiger partial charge in [-0.15, -0.1) is 0 Å². The van der Waals surface area contributed by atoms with Gasteiger partial charge in [-0.05, 0) is 73.8 Å². The van der Waals surface area contributed by atoms with E-state index >= 15 is 0 Å². The third kappa shape index (κ3) is 2.02. The van der Waals surface area contributed by atoms with Gasteiger partial charge in [-0.3, -0.25) is 0 Å². The van der Waals surface area contributed by atoms with Crippen LogP contribution in [0.15, 0.2) is 6.07 Å². The molecule has 0 radical (unpaired) electrons. The minimum atomic E-state index is 0.666. The third-order valence-corrected chi connectivity index (χ3v) is 6.39. The molecule has 0 fully saturated rings. The van der Waals surface area contributed by atoms with E-state index in [9.17, 15) is 0 Å². The van der Waals surface area contributed by atoms with Crippen molar-refractivity contribution in [2.24, 2.45) is 0 Å². The maximum Gasteiger partial charge on any atom is 0.0694 e. The Morgan fingerprint density at radius 2 is 1.55 bits per heavy atom. The number of nitrogens with two attached hydrogens (primary N) is 2. The van der Waals surface area contributed by atoms with E-state index in [0.717, 1.165) is 7.14 Å². The number of anilines is 2. The number of hydrogen-bond acceptors (Lipinski definition) is 2. The molecule has 0 amide bonds. The highest BCUT2D eigenvalue weighted by molar-refractivity contribution is 14.1. The molecular formula is C6H5I3N2. The van der Waals surface area contributed by atoms with E-state index in [4.69, 9.17) is 11.5 Å². The first kappa shape index (κ1) is 10.1. The fourth-order valence-corrected chi connectivity index (χ4v) is 2.80. The van der Waals surface area contributed by atoms with E-state index in [2.05, 4.69) is 67.8 Å². The molecule has 0 bridgehead atoms. The first-order valence-electron chi connectivity index (χ1n) is 2.72. The van der Waals surface area contributed by atoms with Crippen molar-refractivity contribution in [2.45, 2.75) is 0 Å². The van der Waals surface area contributed by atoms with Crippen LogP contribution in [0.25, 0.3) is 0 Å². The molecule has 60 valence electrons. The number of benzene rings is 1. The molecule has 2 nitrogen and oxygen atoms in total. The van der Waals surface area contributed by atoms with E-state index in [1.165, 1.54) is 3.57 Å². The molecule has 1 aromatic carbocycles. The lowest BCUT2D eigenvalue weighted by molar-refractivity contribution is 1.52. The molecular weight excluding hydrogens is 481 g/mol. The molecule has 0 saturated carbocycles. The molecule has 1 aromatic rings. The summed E-state index contributed by atoms with van der Waals surface area (Å²) in [6.07, 6.45) is 0. The molecule has 0 atom stereocenters. The van der Waals surface area contributed by atoms with Crippen molar-refractivity contribution in [3.8, 4) is 0 Å². The van der Waals surface area contributed by atoms with Gasteiger partial charge in [0.1, 0.15) is 0 Å². The fraction of sp³-hybridized carbons (Fsp3) is 0. The topological polar surface area (TPSA) is 52.0 Å². The molecule has 0 aliphatic carbocycles. The van der Waals surface area contributed by atoms with Crippen LogP contribution in [0.4, 0.5) is 11.4 Å². The summed E-state index contributed by atoms with van der Waals surface area (Å²) in [5.41, 5.74) is 12.7. The molecule has 5 heteroatoms. The summed E-state index contributed by atoms with van der Waals surface area (Å²) < 4.78 is 3.38. The van der Waals surface area contributed by atoms with E-state index < -0.39 is 0 Å². The van der Waals surface area contributed by atoms with E-state index in [1.807, 2.05) is 6.07 Å². The molecule has 0 saturated heterocycles. The molecule has 0 heterocycles. The van der Waals surface area contributed by atoms with Crippen molar-refractivity contribution in [1.82, 2.24) is 0 Å². The van der Waals surface area contributed by atoms with Crippen LogP contribution in [-0.4, -0.2) is 0 Å². The monoisotopic (exact) mass is 486 g/mol. The highest BCUT2D eigenvalue weighted by atomic mass is 127. The molecule has 1 rings (SSSR count). The molecule has 0 aliphatic rings. The van der Waals surface area contributed by atoms with Gasteiger partial charge in [-0.25, -0.2) is 0 Å². The zero-order valence-electron chi connectivity index (χ0n) is 5.37. The Morgan fingerprint density at radius 3 is 2.09 bits per heavy atom. The average molecular weight is 486 g/mol. The standard InChI is InChI=1S/C6H5I3N2/c7-2-1-3(10)6(11)5(9)4(2)8/h1H,10-11H2. The summed E-state index contributed by atoms with van der Waals surface area (Å²) >= 11 is 6.71. The van der Waals surface area contributed by atoms with Crippen LogP contribution in [0.5, 0.6) is 0 Å². The third-order valence-electron chi connectivity index (χ3n) is 1.23. The summed E-state index contributed by atoms with van der Waals surface area (Å²) in [5.74, 6) is 0. The smallest absolute Gasteiger partial charge is 0.0694 e. The maximum absolute atomic E-state index is 5.71. The van der Waals surface area contributed by atoms with Crippen molar-refractivity contribution < 1.29 is 0 Å². The Labute approximate surface area is 106 Å². The molecule has 4 N–H and O–H groups in total. The highest BCUT2D eigenvalue weighted by Crippen LogP contribution is 2.30. The van der Waals surface area contributed by atoms with Crippen molar-refractivity contribution in [3.63, 3.8) is 0 Å². The fourth-order valence-electron chi connectivity index (χ4n) is 0.627. The van der Waals surface area contributed by atoms with Gasteiger partial charge >= 0.3 is 0 Å². The van der Waals surface area contributed by atoms with Crippen LogP contribution in [0.3, 0.4) is 0 Å². The second-order valence-corrected chi connectivity index (χ2v) is 5.31. The van der Waals surface area contributed by atoms with Crippen LogP contribution in [0.1, 0.15) is 0 Å². The van der Waals surface area contributed by atoms with Gasteiger partial charge in [0, 0.05) is 7.14 Å². The zero-order valence-corrected chi connectivity index (χ0v) is 11.8. The van der Waals surface area contributed by atoms with Crippen LogP contribution >= 0.6 is 67.8 Å². The molecule has 0 aromatic heterocycles. The lowest BCUT2D eigenvalue weighted by Crippen LogP contribution is -2.00. The van der Waals surface area contributed by atoms with Crippen molar-refractivity contribution in [3.05, 3.63) is 16.8 Å². The molecule has 0 unspecified atom stereocenters. The molecule has 11 heavy (non-hydrogen) atoms. The number of nitrogen functional groups attached to an aromatic ring is 2. The summed E-state index contributed by atoms with van der Waals surface area (Å²) in [6.45, 7) is 0. The first-order valence-corrected chi connectivity index (χ1v) is 5.96. The van der Waals surface area contributed by atoms with Crippen molar-refractivity contribution >= 4 is 79.1 Å². The quantitative estimate of drug-likeness (QED) is 0.337. The van der Waals surface area contributed by atoms with Gasteiger partial charge in [-0.2, -0.15) is 0 Å². The highest BCUT2D eigenvalue weighted by Gasteiger charge is 2.07. The number of hydrogen-bond donors (Lipinski definition) is 2. The van der Waals surface area contributed by atoms with Crippen molar-refractivity contribution in [2.75, 3.05) is 11.5 Å². The van der Waals surface area contributed by atoms with Crippen LogP contribution < -0.4 is 11.5 Å². The minimum Gasteiger partial charge on any atom is -0.397 e. The van der Waals surface area contributed by atoms with Crippen LogP contribution in [0.2, 0.25) is 0 Å². The summed E-state index contributed by atoms with van der Waals surface area (Å²) in [5, 5.41) is 0. The van der Waals surface area contributed by atoms with Gasteiger partial charge in [0.15, 0.2) is 0 Å². The largest absolute Gasteiger partial charge is 0.397 e. The first-order chi connectivity index (χ1) is 5.04. The predicted molar refractivity (Wildman–Crippen MR) is 73.4 cm³/mol.